The topological polar surface area (TPSA) is 107 Å². The lowest BCUT2D eigenvalue weighted by molar-refractivity contribution is -0.137. The minimum Gasteiger partial charge on any atom is -0.497 e. The van der Waals surface area contributed by atoms with Gasteiger partial charge in [0.15, 0.2) is 5.75 Å². The highest BCUT2D eigenvalue weighted by molar-refractivity contribution is 6.36. The number of alkyl halides is 3. The summed E-state index contributed by atoms with van der Waals surface area (Å²) >= 11 is 7.27. The van der Waals surface area contributed by atoms with E-state index in [1.165, 1.54) is 19.3 Å². The van der Waals surface area contributed by atoms with Crippen LogP contribution in [0.4, 0.5) is 30.6 Å². The van der Waals surface area contributed by atoms with E-state index in [1.54, 1.807) is 33.6 Å². The molecule has 64 heavy (non-hydrogen) atoms. The number of anilines is 3. The van der Waals surface area contributed by atoms with Gasteiger partial charge in [0.2, 0.25) is 0 Å². The molecule has 4 aromatic carbocycles. The van der Waals surface area contributed by atoms with Crippen LogP contribution in [0.3, 0.4) is 0 Å². The fourth-order valence-corrected chi connectivity index (χ4v) is 8.45. The van der Waals surface area contributed by atoms with Gasteiger partial charge in [-0.25, -0.2) is 19.9 Å². The van der Waals surface area contributed by atoms with Gasteiger partial charge in [-0.1, -0.05) is 54.1 Å². The highest BCUT2D eigenvalue weighted by Gasteiger charge is 2.40. The number of nitrogens with zero attached hydrogens (tertiary/aromatic N) is 6. The maximum Gasteiger partial charge on any atom is 0.418 e. The first-order valence-electron chi connectivity index (χ1n) is 20.6. The van der Waals surface area contributed by atoms with E-state index in [2.05, 4.69) is 29.0 Å². The molecule has 1 N–H and O–H groups in total. The summed E-state index contributed by atoms with van der Waals surface area (Å²) in [5, 5.41) is 3.94. The predicted octanol–water partition coefficient (Wildman–Crippen LogP) is 11.0. The lowest BCUT2D eigenvalue weighted by Crippen LogP contribution is -2.44. The number of aromatic nitrogens is 4. The van der Waals surface area contributed by atoms with Crippen LogP contribution < -0.4 is 34.1 Å². The molecule has 0 radical (unpaired) electrons. The van der Waals surface area contributed by atoms with Crippen molar-refractivity contribution in [1.29, 1.82) is 0 Å². The van der Waals surface area contributed by atoms with Gasteiger partial charge >= 0.3 is 6.18 Å². The first kappa shape index (κ1) is 43.8. The lowest BCUT2D eigenvalue weighted by atomic mass is 9.91. The van der Waals surface area contributed by atoms with Gasteiger partial charge in [0.25, 0.3) is 0 Å². The van der Waals surface area contributed by atoms with Crippen LogP contribution in [0, 0.1) is 6.92 Å². The van der Waals surface area contributed by atoms with Crippen LogP contribution in [0.25, 0.3) is 22.2 Å². The second-order valence-electron chi connectivity index (χ2n) is 15.9. The van der Waals surface area contributed by atoms with Gasteiger partial charge in [0, 0.05) is 37.0 Å². The third-order valence-electron chi connectivity index (χ3n) is 11.5. The van der Waals surface area contributed by atoms with Gasteiger partial charge in [-0.3, -0.25) is 0 Å². The highest BCUT2D eigenvalue weighted by atomic mass is 35.5. The molecule has 0 atom stereocenters. The molecule has 330 valence electrons. The second-order valence-corrected chi connectivity index (χ2v) is 16.3. The third kappa shape index (κ3) is 8.87. The van der Waals surface area contributed by atoms with Crippen LogP contribution in [0.2, 0.25) is 5.02 Å². The fourth-order valence-electron chi connectivity index (χ4n) is 8.16. The highest BCUT2D eigenvalue weighted by Crippen LogP contribution is 2.50. The zero-order chi connectivity index (χ0) is 45.2. The molecule has 1 aliphatic heterocycles. The van der Waals surface area contributed by atoms with E-state index in [9.17, 15) is 0 Å². The number of nitrogens with one attached hydrogen (secondary N) is 1. The summed E-state index contributed by atoms with van der Waals surface area (Å²) < 4.78 is 68.4. The van der Waals surface area contributed by atoms with E-state index in [0.29, 0.717) is 66.0 Å². The minimum absolute atomic E-state index is 0.0194. The summed E-state index contributed by atoms with van der Waals surface area (Å²) in [4.78, 5) is 22.9. The number of pyridine rings is 2. The summed E-state index contributed by atoms with van der Waals surface area (Å²) in [7, 11) is 4.81. The van der Waals surface area contributed by atoms with E-state index >= 15 is 13.2 Å². The summed E-state index contributed by atoms with van der Waals surface area (Å²) in [6.07, 6.45) is -1.64. The van der Waals surface area contributed by atoms with Gasteiger partial charge in [0.1, 0.15) is 47.6 Å². The molecule has 8 rings (SSSR count). The first-order valence-corrected chi connectivity index (χ1v) is 21.0. The molecule has 0 unspecified atom stereocenters. The predicted molar refractivity (Wildman–Crippen MR) is 244 cm³/mol. The Kier molecular flexibility index (Phi) is 12.4. The second kappa shape index (κ2) is 18.1. The molecule has 0 spiro atoms. The number of methoxy groups -OCH3 is 3. The Morgan fingerprint density at radius 2 is 1.39 bits per heavy atom. The Balaban J connectivity index is 1.22. The molecule has 0 amide bonds. The molecule has 1 aliphatic rings. The van der Waals surface area contributed by atoms with Crippen molar-refractivity contribution in [1.82, 2.24) is 19.9 Å². The standard InChI is InChI=1S/C49H47ClF3N7O4/c1-30-24-40(59(27-32-11-17-35(62-5)18-12-32)28-33-13-19-36(63-6)20-14-33)58-44(42(30)49(51,52)53)37-25-39-41-45(43(37)50)64-23-22-60(47(41)57-29-56-39)48(2,3)38-8-7-21-54-46(38)55-26-31-9-15-34(61-4)16-10-31/h7-21,24-25,29H,22-23,26-28H2,1-6H3,(H,54,55). The van der Waals surface area contributed by atoms with Gasteiger partial charge in [-0.2, -0.15) is 13.2 Å². The SMILES string of the molecule is COc1ccc(CNc2ncccc2C(C)(C)N2CCOc3c(Cl)c(-c4nc(N(Cc5ccc(OC)cc5)Cc5ccc(OC)cc5)cc(C)c4C(F)(F)F)cc4ncnc2c34)cc1. The maximum atomic E-state index is 15.3. The van der Waals surface area contributed by atoms with Crippen LogP contribution in [0.5, 0.6) is 23.0 Å². The Hall–Kier alpha value is -6.80. The van der Waals surface area contributed by atoms with E-state index in [4.69, 9.17) is 45.5 Å². The third-order valence-corrected chi connectivity index (χ3v) is 11.9. The quantitative estimate of drug-likeness (QED) is 0.113. The van der Waals surface area contributed by atoms with Crippen molar-refractivity contribution in [3.63, 3.8) is 0 Å². The number of aryl methyl sites for hydroxylation is 1. The van der Waals surface area contributed by atoms with Crippen molar-refractivity contribution in [2.75, 3.05) is 49.6 Å². The smallest absolute Gasteiger partial charge is 0.418 e. The molecule has 0 fully saturated rings. The Morgan fingerprint density at radius 3 is 1.97 bits per heavy atom. The summed E-state index contributed by atoms with van der Waals surface area (Å²) in [5.74, 6) is 3.83. The monoisotopic (exact) mass is 889 g/mol. The van der Waals surface area contributed by atoms with Gasteiger partial charge in [-0.05, 0) is 97.6 Å². The molecule has 11 nitrogen and oxygen atoms in total. The van der Waals surface area contributed by atoms with Gasteiger partial charge in [0.05, 0.1) is 60.6 Å². The Labute approximate surface area is 374 Å². The van der Waals surface area contributed by atoms with Crippen LogP contribution in [-0.2, 0) is 31.3 Å². The van der Waals surface area contributed by atoms with E-state index in [-0.39, 0.29) is 34.2 Å². The van der Waals surface area contributed by atoms with Crippen LogP contribution >= 0.6 is 11.6 Å². The summed E-state index contributed by atoms with van der Waals surface area (Å²) in [5.41, 5.74) is 2.11. The number of hydrogen-bond donors (Lipinski definition) is 1. The molecule has 3 aromatic heterocycles. The number of ether oxygens (including phenoxy) is 4. The van der Waals surface area contributed by atoms with Crippen molar-refractivity contribution < 1.29 is 32.1 Å². The molecule has 0 bridgehead atoms. The van der Waals surface area contributed by atoms with Crippen molar-refractivity contribution in [2.45, 2.75) is 52.1 Å². The lowest BCUT2D eigenvalue weighted by Gasteiger charge is -2.40. The Bertz CT molecular complexity index is 2720. The van der Waals surface area contributed by atoms with Crippen LogP contribution in [0.15, 0.2) is 110 Å². The average Bonchev–Trinajstić information content (AvgIpc) is 3.51. The molecule has 4 heterocycles. The summed E-state index contributed by atoms with van der Waals surface area (Å²) in [6.45, 7) is 7.23. The zero-order valence-electron chi connectivity index (χ0n) is 36.3. The molecule has 0 saturated heterocycles. The maximum absolute atomic E-state index is 15.3. The summed E-state index contributed by atoms with van der Waals surface area (Å²) in [6, 6.07) is 29.7. The van der Waals surface area contributed by atoms with Gasteiger partial charge < -0.3 is 34.1 Å². The molecular formula is C49H47ClF3N7O4. The number of rotatable bonds is 14. The molecular weight excluding hydrogens is 843 g/mol. The van der Waals surface area contributed by atoms with E-state index < -0.39 is 17.3 Å². The van der Waals surface area contributed by atoms with Gasteiger partial charge in [-0.15, -0.1) is 0 Å². The molecule has 0 aliphatic carbocycles. The fraction of sp³-hybridized carbons (Fsp3) is 0.265. The minimum atomic E-state index is -4.78. The van der Waals surface area contributed by atoms with Crippen molar-refractivity contribution >= 4 is 40.0 Å². The zero-order valence-corrected chi connectivity index (χ0v) is 37.0. The Morgan fingerprint density at radius 1 is 0.797 bits per heavy atom. The number of benzene rings is 4. The van der Waals surface area contributed by atoms with E-state index in [1.807, 2.05) is 89.8 Å². The van der Waals surface area contributed by atoms with Crippen molar-refractivity contribution in [2.24, 2.45) is 0 Å². The molecule has 0 saturated carbocycles. The van der Waals surface area contributed by atoms with Crippen LogP contribution in [0.1, 0.15) is 47.2 Å². The first-order chi connectivity index (χ1) is 30.8. The molecule has 15 heteroatoms. The number of halogens is 4. The largest absolute Gasteiger partial charge is 0.497 e. The average molecular weight is 890 g/mol. The normalized spacial score (nSPS) is 12.7. The van der Waals surface area contributed by atoms with Crippen molar-refractivity contribution in [3.05, 3.63) is 148 Å². The van der Waals surface area contributed by atoms with E-state index in [0.717, 1.165) is 28.0 Å². The van der Waals surface area contributed by atoms with Crippen molar-refractivity contribution in [3.8, 4) is 34.3 Å². The van der Waals surface area contributed by atoms with Crippen LogP contribution in [-0.4, -0.2) is 54.4 Å². The number of hydrogen-bond acceptors (Lipinski definition) is 11. The molecule has 7 aromatic rings.